The Bertz CT molecular complexity index is 1300. The molecule has 1 spiro atoms. The van der Waals surface area contributed by atoms with E-state index in [-0.39, 0.29) is 12.5 Å². The number of hydrogen-bond donors (Lipinski definition) is 0. The number of ether oxygens (including phenoxy) is 2. The van der Waals surface area contributed by atoms with Crippen molar-refractivity contribution < 1.29 is 27.4 Å². The van der Waals surface area contributed by atoms with Crippen LogP contribution in [-0.4, -0.2) is 18.1 Å². The lowest BCUT2D eigenvalue weighted by Crippen LogP contribution is -2.50. The predicted molar refractivity (Wildman–Crippen MR) is 127 cm³/mol. The van der Waals surface area contributed by atoms with Gasteiger partial charge in [-0.3, -0.25) is 4.79 Å². The van der Waals surface area contributed by atoms with Crippen LogP contribution >= 0.6 is 0 Å². The van der Waals surface area contributed by atoms with Crippen LogP contribution in [0.25, 0.3) is 0 Å². The summed E-state index contributed by atoms with van der Waals surface area (Å²) in [6.45, 7) is 6.32. The third kappa shape index (κ3) is 3.83. The zero-order valence-corrected chi connectivity index (χ0v) is 19.8. The Morgan fingerprint density at radius 2 is 1.77 bits per heavy atom. The fourth-order valence-corrected chi connectivity index (χ4v) is 5.41. The van der Waals surface area contributed by atoms with E-state index in [1.54, 1.807) is 11.0 Å². The van der Waals surface area contributed by atoms with Crippen LogP contribution in [0, 0.1) is 0 Å². The van der Waals surface area contributed by atoms with E-state index in [9.17, 15) is 18.0 Å². The van der Waals surface area contributed by atoms with Crippen molar-refractivity contribution in [3.05, 3.63) is 89.0 Å². The topological polar surface area (TPSA) is 38.8 Å². The summed E-state index contributed by atoms with van der Waals surface area (Å²) in [5, 5.41) is 0. The highest BCUT2D eigenvalue weighted by atomic mass is 19.4. The Balaban J connectivity index is 1.64. The van der Waals surface area contributed by atoms with Crippen LogP contribution in [0.3, 0.4) is 0 Å². The predicted octanol–water partition coefficient (Wildman–Crippen LogP) is 6.50. The highest BCUT2D eigenvalue weighted by Gasteiger charge is 2.58. The van der Waals surface area contributed by atoms with E-state index < -0.39 is 22.8 Å². The number of anilines is 1. The minimum atomic E-state index is -4.45. The molecule has 1 amide bonds. The van der Waals surface area contributed by atoms with Gasteiger partial charge in [0, 0.05) is 23.7 Å². The second kappa shape index (κ2) is 8.04. The Morgan fingerprint density at radius 1 is 1.00 bits per heavy atom. The molecule has 35 heavy (non-hydrogen) atoms. The maximum absolute atomic E-state index is 14.3. The van der Waals surface area contributed by atoms with Gasteiger partial charge in [0.1, 0.15) is 22.5 Å². The summed E-state index contributed by atoms with van der Waals surface area (Å²) in [6, 6.07) is 18.2. The quantitative estimate of drug-likeness (QED) is 0.427. The number of amides is 1. The number of halogens is 3. The molecule has 182 valence electrons. The van der Waals surface area contributed by atoms with Gasteiger partial charge in [-0.2, -0.15) is 13.2 Å². The Kier molecular flexibility index (Phi) is 5.34. The van der Waals surface area contributed by atoms with Crippen LogP contribution in [0.5, 0.6) is 11.5 Å². The molecule has 1 unspecified atom stereocenters. The van der Waals surface area contributed by atoms with Crippen molar-refractivity contribution in [2.24, 2.45) is 0 Å². The van der Waals surface area contributed by atoms with Gasteiger partial charge >= 0.3 is 6.18 Å². The van der Waals surface area contributed by atoms with E-state index in [1.807, 2.05) is 63.2 Å². The zero-order chi connectivity index (χ0) is 25.0. The smallest absolute Gasteiger partial charge is 0.416 e. The second-order valence-corrected chi connectivity index (χ2v) is 9.64. The van der Waals surface area contributed by atoms with Gasteiger partial charge in [-0.05, 0) is 56.2 Å². The first-order valence-corrected chi connectivity index (χ1v) is 11.6. The van der Waals surface area contributed by atoms with Crippen molar-refractivity contribution >= 4 is 11.6 Å². The fraction of sp³-hybridized carbons (Fsp3) is 0.321. The van der Waals surface area contributed by atoms with Crippen molar-refractivity contribution in [1.82, 2.24) is 0 Å². The lowest BCUT2D eigenvalue weighted by atomic mass is 9.67. The van der Waals surface area contributed by atoms with E-state index >= 15 is 0 Å². The van der Waals surface area contributed by atoms with Crippen LogP contribution in [0.2, 0.25) is 0 Å². The van der Waals surface area contributed by atoms with Crippen LogP contribution < -0.4 is 14.4 Å². The molecule has 3 aromatic rings. The molecule has 0 bridgehead atoms. The summed E-state index contributed by atoms with van der Waals surface area (Å²) < 4.78 is 51.9. The molecule has 0 N–H and O–H groups in total. The molecule has 4 nitrogen and oxygen atoms in total. The molecule has 0 saturated carbocycles. The van der Waals surface area contributed by atoms with Crippen LogP contribution in [0.4, 0.5) is 18.9 Å². The minimum Gasteiger partial charge on any atom is -0.494 e. The van der Waals surface area contributed by atoms with Gasteiger partial charge in [-0.25, -0.2) is 0 Å². The number of nitrogens with zero attached hydrogens (tertiary/aromatic N) is 1. The molecule has 5 rings (SSSR count). The molecule has 2 heterocycles. The average molecular weight is 482 g/mol. The Hall–Kier alpha value is -3.48. The standard InChI is InChI=1S/C28H26F3NO3/c1-4-34-20-12-13-22-24(15-20)35-26(2,3)17-27(22)21-10-5-6-11-23(21)32(25(27)33)16-18-8-7-9-19(14-18)28(29,30)31/h5-15H,4,16-17H2,1-3H3. The van der Waals surface area contributed by atoms with Gasteiger partial charge < -0.3 is 14.4 Å². The molecular weight excluding hydrogens is 455 g/mol. The number of carbonyl (C=O) groups is 1. The molecule has 0 saturated heterocycles. The maximum atomic E-state index is 14.3. The van der Waals surface area contributed by atoms with Crippen molar-refractivity contribution in [3.63, 3.8) is 0 Å². The maximum Gasteiger partial charge on any atom is 0.416 e. The van der Waals surface area contributed by atoms with Crippen molar-refractivity contribution in [1.29, 1.82) is 0 Å². The first-order chi connectivity index (χ1) is 16.5. The number of para-hydroxylation sites is 1. The Labute approximate surface area is 202 Å². The first kappa shape index (κ1) is 23.3. The average Bonchev–Trinajstić information content (AvgIpc) is 3.01. The molecule has 0 fully saturated rings. The molecule has 0 radical (unpaired) electrons. The molecule has 2 aliphatic rings. The highest BCUT2D eigenvalue weighted by molar-refractivity contribution is 6.11. The number of alkyl halides is 3. The second-order valence-electron chi connectivity index (χ2n) is 9.64. The third-order valence-electron chi connectivity index (χ3n) is 6.66. The van der Waals surface area contributed by atoms with E-state index in [2.05, 4.69) is 0 Å². The summed E-state index contributed by atoms with van der Waals surface area (Å²) in [7, 11) is 0. The highest BCUT2D eigenvalue weighted by Crippen LogP contribution is 2.56. The van der Waals surface area contributed by atoms with E-state index in [0.717, 1.165) is 23.3 Å². The molecule has 1 atom stereocenters. The third-order valence-corrected chi connectivity index (χ3v) is 6.66. The van der Waals surface area contributed by atoms with Crippen LogP contribution in [-0.2, 0) is 22.9 Å². The number of benzene rings is 3. The van der Waals surface area contributed by atoms with E-state index in [1.165, 1.54) is 6.07 Å². The van der Waals surface area contributed by atoms with Gasteiger partial charge in [0.2, 0.25) is 5.91 Å². The summed E-state index contributed by atoms with van der Waals surface area (Å²) in [5.74, 6) is 1.06. The summed E-state index contributed by atoms with van der Waals surface area (Å²) in [6.07, 6.45) is -4.05. The van der Waals surface area contributed by atoms with E-state index in [0.29, 0.717) is 35.8 Å². The summed E-state index contributed by atoms with van der Waals surface area (Å²) >= 11 is 0. The van der Waals surface area contributed by atoms with E-state index in [4.69, 9.17) is 9.47 Å². The summed E-state index contributed by atoms with van der Waals surface area (Å²) in [4.78, 5) is 15.9. The zero-order valence-electron chi connectivity index (χ0n) is 19.8. The van der Waals surface area contributed by atoms with Gasteiger partial charge in [0.25, 0.3) is 0 Å². The Morgan fingerprint density at radius 3 is 2.51 bits per heavy atom. The van der Waals surface area contributed by atoms with Gasteiger partial charge in [0.05, 0.1) is 18.7 Å². The SMILES string of the molecule is CCOc1ccc2c(c1)OC(C)(C)CC21C(=O)N(Cc2cccc(C(F)(F)F)c2)c2ccccc21. The van der Waals surface area contributed by atoms with Crippen molar-refractivity contribution in [3.8, 4) is 11.5 Å². The normalized spacial score (nSPS) is 20.4. The van der Waals surface area contributed by atoms with Crippen molar-refractivity contribution in [2.45, 2.75) is 50.9 Å². The lowest BCUT2D eigenvalue weighted by Gasteiger charge is -2.43. The van der Waals surface area contributed by atoms with Crippen LogP contribution in [0.1, 0.15) is 49.4 Å². The van der Waals surface area contributed by atoms with Gasteiger partial charge in [-0.15, -0.1) is 0 Å². The largest absolute Gasteiger partial charge is 0.494 e. The van der Waals surface area contributed by atoms with Gasteiger partial charge in [-0.1, -0.05) is 36.4 Å². The molecule has 0 aliphatic carbocycles. The van der Waals surface area contributed by atoms with Crippen molar-refractivity contribution in [2.75, 3.05) is 11.5 Å². The summed E-state index contributed by atoms with van der Waals surface area (Å²) in [5.41, 5.74) is 0.284. The molecular formula is C28H26F3NO3. The molecule has 7 heteroatoms. The number of hydrogen-bond acceptors (Lipinski definition) is 3. The minimum absolute atomic E-state index is 0.0369. The van der Waals surface area contributed by atoms with Gasteiger partial charge in [0.15, 0.2) is 0 Å². The van der Waals surface area contributed by atoms with Crippen LogP contribution in [0.15, 0.2) is 66.7 Å². The molecule has 3 aromatic carbocycles. The number of fused-ring (bicyclic) bond motifs is 4. The fourth-order valence-electron chi connectivity index (χ4n) is 5.41. The number of rotatable bonds is 4. The molecule has 0 aromatic heterocycles. The number of carbonyl (C=O) groups excluding carboxylic acids is 1. The first-order valence-electron chi connectivity index (χ1n) is 11.6. The lowest BCUT2D eigenvalue weighted by molar-refractivity contribution is -0.137. The molecule has 2 aliphatic heterocycles. The monoisotopic (exact) mass is 481 g/mol.